The maximum Gasteiger partial charge on any atom is 0.391 e. The molecule has 0 bridgehead atoms. The van der Waals surface area contributed by atoms with E-state index in [1.54, 1.807) is 0 Å². The van der Waals surface area contributed by atoms with E-state index in [2.05, 4.69) is 5.32 Å². The van der Waals surface area contributed by atoms with Crippen LogP contribution in [0.5, 0.6) is 0 Å². The van der Waals surface area contributed by atoms with E-state index in [9.17, 15) is 18.0 Å². The van der Waals surface area contributed by atoms with Crippen molar-refractivity contribution >= 4 is 5.91 Å². The number of nitrogens with two attached hydrogens (primary N) is 1. The van der Waals surface area contributed by atoms with Crippen molar-refractivity contribution in [3.63, 3.8) is 0 Å². The van der Waals surface area contributed by atoms with Gasteiger partial charge in [-0.3, -0.25) is 4.79 Å². The van der Waals surface area contributed by atoms with Crippen molar-refractivity contribution in [3.8, 4) is 0 Å². The zero-order valence-electron chi connectivity index (χ0n) is 11.1. The lowest BCUT2D eigenvalue weighted by Gasteiger charge is -2.29. The van der Waals surface area contributed by atoms with Crippen molar-refractivity contribution in [1.82, 2.24) is 5.32 Å². The van der Waals surface area contributed by atoms with Gasteiger partial charge in [0.15, 0.2) is 0 Å². The van der Waals surface area contributed by atoms with Crippen LogP contribution in [-0.2, 0) is 4.79 Å². The van der Waals surface area contributed by atoms with E-state index in [4.69, 9.17) is 5.73 Å². The van der Waals surface area contributed by atoms with Crippen LogP contribution in [0, 0.1) is 11.8 Å². The molecule has 0 aliphatic heterocycles. The minimum Gasteiger partial charge on any atom is -0.356 e. The predicted molar refractivity (Wildman–Crippen MR) is 67.4 cm³/mol. The van der Waals surface area contributed by atoms with Gasteiger partial charge < -0.3 is 11.1 Å². The highest BCUT2D eigenvalue weighted by molar-refractivity contribution is 5.78. The fraction of sp³-hybridized carbons (Fsp3) is 0.923. The molecule has 0 heterocycles. The minimum absolute atomic E-state index is 0.0781. The van der Waals surface area contributed by atoms with E-state index >= 15 is 0 Å². The lowest BCUT2D eigenvalue weighted by atomic mass is 9.81. The molecule has 19 heavy (non-hydrogen) atoms. The number of unbranched alkanes of at least 4 members (excludes halogenated alkanes) is 2. The Morgan fingerprint density at radius 1 is 1.11 bits per heavy atom. The molecular formula is C13H23F3N2O. The maximum atomic E-state index is 12.5. The molecule has 0 spiro atoms. The summed E-state index contributed by atoms with van der Waals surface area (Å²) in [5.74, 6) is -1.55. The van der Waals surface area contributed by atoms with Crippen molar-refractivity contribution in [3.05, 3.63) is 0 Å². The average Bonchev–Trinajstić information content (AvgIpc) is 2.37. The Morgan fingerprint density at radius 2 is 1.74 bits per heavy atom. The number of carbonyl (C=O) groups is 1. The van der Waals surface area contributed by atoms with Crippen molar-refractivity contribution in [1.29, 1.82) is 0 Å². The second-order valence-electron chi connectivity index (χ2n) is 5.23. The second kappa shape index (κ2) is 7.72. The molecule has 1 aliphatic rings. The normalized spacial score (nSPS) is 24.2. The highest BCUT2D eigenvalue weighted by atomic mass is 19.4. The van der Waals surface area contributed by atoms with Crippen molar-refractivity contribution in [2.24, 2.45) is 17.6 Å². The van der Waals surface area contributed by atoms with Crippen LogP contribution in [0.2, 0.25) is 0 Å². The largest absolute Gasteiger partial charge is 0.391 e. The van der Waals surface area contributed by atoms with E-state index in [1.165, 1.54) is 0 Å². The van der Waals surface area contributed by atoms with Gasteiger partial charge in [0.25, 0.3) is 0 Å². The third-order valence-electron chi connectivity index (χ3n) is 3.74. The van der Waals surface area contributed by atoms with Crippen molar-refractivity contribution < 1.29 is 18.0 Å². The summed E-state index contributed by atoms with van der Waals surface area (Å²) in [4.78, 5) is 11.8. The molecule has 0 unspecified atom stereocenters. The van der Waals surface area contributed by atoms with Gasteiger partial charge in [0.05, 0.1) is 5.92 Å². The Balaban J connectivity index is 2.18. The van der Waals surface area contributed by atoms with Crippen LogP contribution in [-0.4, -0.2) is 25.2 Å². The number of amides is 1. The van der Waals surface area contributed by atoms with Crippen LogP contribution in [0.25, 0.3) is 0 Å². The molecule has 6 heteroatoms. The molecule has 3 N–H and O–H groups in total. The van der Waals surface area contributed by atoms with E-state index in [0.717, 1.165) is 19.3 Å². The number of rotatable bonds is 6. The number of hydrogen-bond acceptors (Lipinski definition) is 2. The maximum absolute atomic E-state index is 12.5. The lowest BCUT2D eigenvalue weighted by Crippen LogP contribution is -2.36. The summed E-state index contributed by atoms with van der Waals surface area (Å²) in [5, 5.41) is 2.80. The van der Waals surface area contributed by atoms with Gasteiger partial charge in [-0.15, -0.1) is 0 Å². The standard InChI is InChI=1S/C13H23F3N2O/c14-13(15,16)11-6-4-10(5-7-11)12(19)18-9-3-1-2-8-17/h10-11H,1-9,17H2,(H,18,19). The molecule has 0 radical (unpaired) electrons. The molecule has 0 aromatic heterocycles. The second-order valence-corrected chi connectivity index (χ2v) is 5.23. The van der Waals surface area contributed by atoms with E-state index in [-0.39, 0.29) is 24.7 Å². The molecule has 3 nitrogen and oxygen atoms in total. The molecule has 1 rings (SSSR count). The summed E-state index contributed by atoms with van der Waals surface area (Å²) in [7, 11) is 0. The van der Waals surface area contributed by atoms with Crippen LogP contribution in [0.4, 0.5) is 13.2 Å². The Labute approximate surface area is 112 Å². The summed E-state index contributed by atoms with van der Waals surface area (Å²) in [6.07, 6.45) is -0.476. The van der Waals surface area contributed by atoms with Gasteiger partial charge in [-0.1, -0.05) is 6.42 Å². The van der Waals surface area contributed by atoms with E-state index in [0.29, 0.717) is 25.9 Å². The summed E-state index contributed by atoms with van der Waals surface area (Å²) in [6, 6.07) is 0. The minimum atomic E-state index is -4.11. The first-order chi connectivity index (χ1) is 8.95. The van der Waals surface area contributed by atoms with Crippen LogP contribution in [0.15, 0.2) is 0 Å². The number of alkyl halides is 3. The van der Waals surface area contributed by atoms with Crippen molar-refractivity contribution in [2.75, 3.05) is 13.1 Å². The first-order valence-electron chi connectivity index (χ1n) is 6.99. The molecule has 1 aliphatic carbocycles. The molecule has 1 saturated carbocycles. The summed E-state index contributed by atoms with van der Waals surface area (Å²) < 4.78 is 37.4. The smallest absolute Gasteiger partial charge is 0.356 e. The summed E-state index contributed by atoms with van der Waals surface area (Å²) >= 11 is 0. The van der Waals surface area contributed by atoms with Gasteiger partial charge in [-0.25, -0.2) is 0 Å². The van der Waals surface area contributed by atoms with Gasteiger partial charge >= 0.3 is 6.18 Å². The molecule has 112 valence electrons. The van der Waals surface area contributed by atoms with Gasteiger partial charge in [-0.05, 0) is 45.1 Å². The lowest BCUT2D eigenvalue weighted by molar-refractivity contribution is -0.184. The third-order valence-corrected chi connectivity index (χ3v) is 3.74. The van der Waals surface area contributed by atoms with Gasteiger partial charge in [0.2, 0.25) is 5.91 Å². The van der Waals surface area contributed by atoms with Crippen LogP contribution in [0.3, 0.4) is 0 Å². The zero-order chi connectivity index (χ0) is 14.3. The molecule has 1 fully saturated rings. The number of hydrogen-bond donors (Lipinski definition) is 2. The van der Waals surface area contributed by atoms with E-state index < -0.39 is 12.1 Å². The molecule has 1 amide bonds. The van der Waals surface area contributed by atoms with Gasteiger partial charge in [0, 0.05) is 12.5 Å². The Kier molecular flexibility index (Phi) is 6.62. The molecule has 0 aromatic rings. The summed E-state index contributed by atoms with van der Waals surface area (Å²) in [6.45, 7) is 1.24. The number of nitrogens with one attached hydrogen (secondary N) is 1. The highest BCUT2D eigenvalue weighted by Gasteiger charge is 2.42. The predicted octanol–water partition coefficient (Wildman–Crippen LogP) is 2.60. The average molecular weight is 280 g/mol. The zero-order valence-corrected chi connectivity index (χ0v) is 11.1. The third kappa shape index (κ3) is 5.80. The Bertz CT molecular complexity index is 274. The fourth-order valence-corrected chi connectivity index (χ4v) is 2.48. The van der Waals surface area contributed by atoms with Crippen LogP contribution in [0.1, 0.15) is 44.9 Å². The first kappa shape index (κ1) is 16.3. The topological polar surface area (TPSA) is 55.1 Å². The fourth-order valence-electron chi connectivity index (χ4n) is 2.48. The van der Waals surface area contributed by atoms with E-state index in [1.807, 2.05) is 0 Å². The Morgan fingerprint density at radius 3 is 2.26 bits per heavy atom. The molecule has 0 aromatic carbocycles. The number of halogens is 3. The van der Waals surface area contributed by atoms with Crippen LogP contribution < -0.4 is 11.1 Å². The SMILES string of the molecule is NCCCCCNC(=O)C1CCC(C(F)(F)F)CC1. The monoisotopic (exact) mass is 280 g/mol. The van der Waals surface area contributed by atoms with Gasteiger partial charge in [0.1, 0.15) is 0 Å². The highest BCUT2D eigenvalue weighted by Crippen LogP contribution is 2.39. The quantitative estimate of drug-likeness (QED) is 0.735. The Hall–Kier alpha value is -0.780. The van der Waals surface area contributed by atoms with Crippen molar-refractivity contribution in [2.45, 2.75) is 51.1 Å². The van der Waals surface area contributed by atoms with Crippen LogP contribution >= 0.6 is 0 Å². The number of carbonyl (C=O) groups excluding carboxylic acids is 1. The first-order valence-corrected chi connectivity index (χ1v) is 6.99. The molecular weight excluding hydrogens is 257 g/mol. The van der Waals surface area contributed by atoms with Gasteiger partial charge in [-0.2, -0.15) is 13.2 Å². The molecule has 0 atom stereocenters. The molecule has 0 saturated heterocycles. The summed E-state index contributed by atoms with van der Waals surface area (Å²) in [5.41, 5.74) is 5.36.